The van der Waals surface area contributed by atoms with Gasteiger partial charge in [-0.2, -0.15) is 0 Å². The second-order valence-corrected chi connectivity index (χ2v) is 15.6. The molecule has 0 aliphatic rings. The van der Waals surface area contributed by atoms with Crippen LogP contribution in [0, 0.1) is 0 Å². The number of nitrogens with zero attached hydrogens (tertiary/aromatic N) is 1. The van der Waals surface area contributed by atoms with E-state index in [2.05, 4.69) is 217 Å². The van der Waals surface area contributed by atoms with Crippen LogP contribution in [0.2, 0.25) is 0 Å². The first-order chi connectivity index (χ1) is 27.8. The summed E-state index contributed by atoms with van der Waals surface area (Å²) in [7, 11) is 0. The van der Waals surface area contributed by atoms with Crippen molar-refractivity contribution in [3.8, 4) is 33.4 Å². The van der Waals surface area contributed by atoms with Crippen LogP contribution in [0.5, 0.6) is 0 Å². The van der Waals surface area contributed by atoms with E-state index in [4.69, 9.17) is 0 Å². The van der Waals surface area contributed by atoms with Gasteiger partial charge < -0.3 is 4.90 Å². The Morgan fingerprint density at radius 1 is 0.304 bits per heavy atom. The standard InChI is InChI=1S/C54H35NS/c1-2-12-38(13-3-1)48-33-29-42(46-20-10-16-37-14-4-6-17-44(37)46)35-51(48)55(50-21-11-23-53-54(50)49-19-8-9-22-52(49)56-53)43-30-26-36(27-31-43)40-28-32-47-41(34-40)25-24-39-15-5-7-18-45(39)47/h1-35H. The molecular formula is C54H35NS. The molecule has 1 nitrogen and oxygen atoms in total. The predicted octanol–water partition coefficient (Wildman–Crippen LogP) is 16.0. The van der Waals surface area contributed by atoms with Crippen LogP contribution in [-0.2, 0) is 0 Å². The van der Waals surface area contributed by atoms with Gasteiger partial charge in [-0.25, -0.2) is 0 Å². The molecule has 0 unspecified atom stereocenters. The van der Waals surface area contributed by atoms with E-state index in [0.717, 1.165) is 17.1 Å². The van der Waals surface area contributed by atoms with E-state index in [-0.39, 0.29) is 0 Å². The molecule has 0 bridgehead atoms. The van der Waals surface area contributed by atoms with E-state index in [1.807, 2.05) is 11.3 Å². The summed E-state index contributed by atoms with van der Waals surface area (Å²) in [6.07, 6.45) is 0. The second-order valence-electron chi connectivity index (χ2n) is 14.5. The molecular weight excluding hydrogens is 695 g/mol. The Balaban J connectivity index is 1.14. The summed E-state index contributed by atoms with van der Waals surface area (Å²) >= 11 is 1.86. The maximum absolute atomic E-state index is 2.49. The predicted molar refractivity (Wildman–Crippen MR) is 243 cm³/mol. The molecule has 11 aromatic rings. The Kier molecular flexibility index (Phi) is 7.75. The molecule has 10 aromatic carbocycles. The number of hydrogen-bond donors (Lipinski definition) is 0. The molecule has 2 heteroatoms. The molecule has 11 rings (SSSR count). The number of thiophene rings is 1. The Bertz CT molecular complexity index is 3240. The molecule has 0 atom stereocenters. The highest BCUT2D eigenvalue weighted by atomic mass is 32.1. The molecule has 0 fully saturated rings. The van der Waals surface area contributed by atoms with Crippen LogP contribution >= 0.6 is 11.3 Å². The summed E-state index contributed by atoms with van der Waals surface area (Å²) in [4.78, 5) is 2.49. The van der Waals surface area contributed by atoms with Crippen LogP contribution in [0.15, 0.2) is 212 Å². The lowest BCUT2D eigenvalue weighted by Gasteiger charge is -2.29. The number of anilines is 3. The minimum atomic E-state index is 1.11. The van der Waals surface area contributed by atoms with Crippen LogP contribution in [0.3, 0.4) is 0 Å². The Hall–Kier alpha value is -7.00. The average molecular weight is 730 g/mol. The van der Waals surface area contributed by atoms with Crippen molar-refractivity contribution in [2.24, 2.45) is 0 Å². The number of rotatable bonds is 6. The van der Waals surface area contributed by atoms with Crippen molar-refractivity contribution >= 4 is 80.9 Å². The molecule has 1 aromatic heterocycles. The fourth-order valence-electron chi connectivity index (χ4n) is 8.57. The maximum atomic E-state index is 2.49. The normalized spacial score (nSPS) is 11.6. The largest absolute Gasteiger partial charge is 0.309 e. The smallest absolute Gasteiger partial charge is 0.0555 e. The zero-order valence-electron chi connectivity index (χ0n) is 30.6. The van der Waals surface area contributed by atoms with Gasteiger partial charge in [0.15, 0.2) is 0 Å². The van der Waals surface area contributed by atoms with Gasteiger partial charge in [-0.3, -0.25) is 0 Å². The first kappa shape index (κ1) is 32.4. The summed E-state index contributed by atoms with van der Waals surface area (Å²) in [5, 5.41) is 10.1. The molecule has 0 aliphatic heterocycles. The quantitative estimate of drug-likeness (QED) is 0.154. The average Bonchev–Trinajstić information content (AvgIpc) is 3.66. The van der Waals surface area contributed by atoms with Gasteiger partial charge in [0.1, 0.15) is 0 Å². The third-order valence-corrected chi connectivity index (χ3v) is 12.4. The zero-order valence-corrected chi connectivity index (χ0v) is 31.4. The number of benzene rings is 10. The van der Waals surface area contributed by atoms with Gasteiger partial charge >= 0.3 is 0 Å². The van der Waals surface area contributed by atoms with Crippen molar-refractivity contribution in [1.29, 1.82) is 0 Å². The van der Waals surface area contributed by atoms with Crippen molar-refractivity contribution in [1.82, 2.24) is 0 Å². The minimum absolute atomic E-state index is 1.11. The molecule has 56 heavy (non-hydrogen) atoms. The molecule has 0 aliphatic carbocycles. The Labute approximate surface area is 330 Å². The van der Waals surface area contributed by atoms with E-state index in [0.29, 0.717) is 0 Å². The molecule has 0 radical (unpaired) electrons. The first-order valence-electron chi connectivity index (χ1n) is 19.2. The lowest BCUT2D eigenvalue weighted by atomic mass is 9.93. The van der Waals surface area contributed by atoms with Crippen LogP contribution in [-0.4, -0.2) is 0 Å². The van der Waals surface area contributed by atoms with Gasteiger partial charge in [0, 0.05) is 31.4 Å². The fourth-order valence-corrected chi connectivity index (χ4v) is 9.70. The number of hydrogen-bond acceptors (Lipinski definition) is 2. The molecule has 1 heterocycles. The van der Waals surface area contributed by atoms with E-state index in [9.17, 15) is 0 Å². The summed E-state index contributed by atoms with van der Waals surface area (Å²) < 4.78 is 2.57. The van der Waals surface area contributed by atoms with Gasteiger partial charge in [-0.05, 0) is 103 Å². The van der Waals surface area contributed by atoms with Gasteiger partial charge in [0.25, 0.3) is 0 Å². The van der Waals surface area contributed by atoms with Crippen molar-refractivity contribution < 1.29 is 0 Å². The van der Waals surface area contributed by atoms with Crippen molar-refractivity contribution in [2.45, 2.75) is 0 Å². The molecule has 262 valence electrons. The van der Waals surface area contributed by atoms with E-state index >= 15 is 0 Å². The fraction of sp³-hybridized carbons (Fsp3) is 0. The lowest BCUT2D eigenvalue weighted by Crippen LogP contribution is -2.12. The summed E-state index contributed by atoms with van der Waals surface area (Å²) in [6.45, 7) is 0. The highest BCUT2D eigenvalue weighted by Gasteiger charge is 2.22. The van der Waals surface area contributed by atoms with Gasteiger partial charge in [0.05, 0.1) is 11.4 Å². The maximum Gasteiger partial charge on any atom is 0.0555 e. The van der Waals surface area contributed by atoms with Crippen molar-refractivity contribution in [3.63, 3.8) is 0 Å². The summed E-state index contributed by atoms with van der Waals surface area (Å²) in [6, 6.07) is 77.9. The zero-order chi connectivity index (χ0) is 37.0. The Morgan fingerprint density at radius 3 is 1.79 bits per heavy atom. The third-order valence-electron chi connectivity index (χ3n) is 11.2. The minimum Gasteiger partial charge on any atom is -0.309 e. The second kappa shape index (κ2) is 13.4. The van der Waals surface area contributed by atoms with Gasteiger partial charge in [0.2, 0.25) is 0 Å². The van der Waals surface area contributed by atoms with E-state index in [1.54, 1.807) is 0 Å². The third kappa shape index (κ3) is 5.46. The molecule has 0 saturated carbocycles. The molecule has 0 amide bonds. The van der Waals surface area contributed by atoms with Crippen LogP contribution in [0.4, 0.5) is 17.1 Å². The van der Waals surface area contributed by atoms with Gasteiger partial charge in [-0.1, -0.05) is 170 Å². The first-order valence-corrected chi connectivity index (χ1v) is 20.0. The summed E-state index contributed by atoms with van der Waals surface area (Å²) in [5.41, 5.74) is 10.6. The van der Waals surface area contributed by atoms with Gasteiger partial charge in [-0.15, -0.1) is 11.3 Å². The van der Waals surface area contributed by atoms with Crippen molar-refractivity contribution in [2.75, 3.05) is 4.90 Å². The van der Waals surface area contributed by atoms with Crippen molar-refractivity contribution in [3.05, 3.63) is 212 Å². The monoisotopic (exact) mass is 729 g/mol. The lowest BCUT2D eigenvalue weighted by molar-refractivity contribution is 1.30. The highest BCUT2D eigenvalue weighted by Crippen LogP contribution is 2.48. The molecule has 0 spiro atoms. The van der Waals surface area contributed by atoms with Crippen LogP contribution in [0.25, 0.3) is 85.9 Å². The van der Waals surface area contributed by atoms with E-state index < -0.39 is 0 Å². The van der Waals surface area contributed by atoms with Crippen LogP contribution in [0.1, 0.15) is 0 Å². The molecule has 0 saturated heterocycles. The van der Waals surface area contributed by atoms with Crippen LogP contribution < -0.4 is 4.90 Å². The Morgan fingerprint density at radius 2 is 0.929 bits per heavy atom. The van der Waals surface area contributed by atoms with E-state index in [1.165, 1.54) is 85.9 Å². The summed E-state index contributed by atoms with van der Waals surface area (Å²) in [5.74, 6) is 0. The number of fused-ring (bicyclic) bond motifs is 7. The highest BCUT2D eigenvalue weighted by molar-refractivity contribution is 7.26. The molecule has 0 N–H and O–H groups in total. The SMILES string of the molecule is c1ccc(-c2ccc(-c3cccc4ccccc34)cc2N(c2ccc(-c3ccc4c(ccc5ccccc54)c3)cc2)c2cccc3sc4ccccc4c23)cc1. The topological polar surface area (TPSA) is 3.24 Å².